The van der Waals surface area contributed by atoms with E-state index in [1.165, 1.54) is 6.33 Å². The smallest absolute Gasteiger partial charge is 0.255 e. The lowest BCUT2D eigenvalue weighted by molar-refractivity contribution is 0.0785. The van der Waals surface area contributed by atoms with Crippen LogP contribution >= 0.6 is 0 Å². The fourth-order valence-electron chi connectivity index (χ4n) is 3.60. The van der Waals surface area contributed by atoms with Crippen molar-refractivity contribution < 1.29 is 4.79 Å². The molecule has 8 nitrogen and oxygen atoms in total. The molecule has 0 saturated carbocycles. The molecule has 0 aliphatic carbocycles. The van der Waals surface area contributed by atoms with Crippen molar-refractivity contribution in [3.63, 3.8) is 0 Å². The van der Waals surface area contributed by atoms with Gasteiger partial charge in [-0.15, -0.1) is 0 Å². The van der Waals surface area contributed by atoms with Crippen molar-refractivity contribution in [1.82, 2.24) is 34.4 Å². The van der Waals surface area contributed by atoms with Crippen LogP contribution in [0.3, 0.4) is 0 Å². The third-order valence-electron chi connectivity index (χ3n) is 5.26. The number of aromatic nitrogens is 6. The van der Waals surface area contributed by atoms with E-state index in [9.17, 15) is 4.79 Å². The van der Waals surface area contributed by atoms with Crippen LogP contribution in [0.25, 0.3) is 22.8 Å². The molecule has 2 aromatic carbocycles. The molecule has 3 heterocycles. The predicted molar refractivity (Wildman–Crippen MR) is 124 cm³/mol. The van der Waals surface area contributed by atoms with Crippen molar-refractivity contribution in [3.05, 3.63) is 109 Å². The van der Waals surface area contributed by atoms with Crippen LogP contribution in [-0.4, -0.2) is 47.4 Å². The summed E-state index contributed by atoms with van der Waals surface area (Å²) in [5.74, 6) is 0.473. The number of rotatable bonds is 6. The van der Waals surface area contributed by atoms with E-state index in [4.69, 9.17) is 5.10 Å². The Morgan fingerprint density at radius 2 is 1.70 bits per heavy atom. The Kier molecular flexibility index (Phi) is 5.47. The molecule has 0 aliphatic heterocycles. The van der Waals surface area contributed by atoms with Crippen LogP contribution in [0, 0.1) is 0 Å². The van der Waals surface area contributed by atoms with Crippen molar-refractivity contribution in [3.8, 4) is 22.8 Å². The van der Waals surface area contributed by atoms with Gasteiger partial charge in [-0.05, 0) is 24.3 Å². The summed E-state index contributed by atoms with van der Waals surface area (Å²) in [7, 11) is 1.78. The Hall–Kier alpha value is -4.59. The topological polar surface area (TPSA) is 81.7 Å². The summed E-state index contributed by atoms with van der Waals surface area (Å²) in [5.41, 5.74) is 4.26. The predicted octanol–water partition coefficient (Wildman–Crippen LogP) is 3.79. The van der Waals surface area contributed by atoms with Gasteiger partial charge in [-0.25, -0.2) is 19.3 Å². The first kappa shape index (κ1) is 20.3. The Morgan fingerprint density at radius 1 is 0.939 bits per heavy atom. The Morgan fingerprint density at radius 3 is 2.36 bits per heavy atom. The summed E-state index contributed by atoms with van der Waals surface area (Å²) < 4.78 is 3.40. The van der Waals surface area contributed by atoms with Gasteiger partial charge in [-0.3, -0.25) is 4.79 Å². The van der Waals surface area contributed by atoms with Crippen LogP contribution in [0.4, 0.5) is 0 Å². The number of carbonyl (C=O) groups excluding carboxylic acids is 1. The summed E-state index contributed by atoms with van der Waals surface area (Å²) in [5, 5.41) is 8.88. The number of hydrogen-bond acceptors (Lipinski definition) is 5. The second kappa shape index (κ2) is 8.88. The van der Waals surface area contributed by atoms with Gasteiger partial charge in [0, 0.05) is 37.1 Å². The van der Waals surface area contributed by atoms with E-state index in [0.717, 1.165) is 22.5 Å². The molecule has 0 spiro atoms. The highest BCUT2D eigenvalue weighted by Gasteiger charge is 2.18. The normalized spacial score (nSPS) is 10.8. The van der Waals surface area contributed by atoms with Crippen molar-refractivity contribution >= 4 is 5.91 Å². The molecule has 8 heteroatoms. The van der Waals surface area contributed by atoms with Gasteiger partial charge in [0.1, 0.15) is 12.7 Å². The van der Waals surface area contributed by atoms with Crippen LogP contribution in [-0.2, 0) is 6.54 Å². The van der Waals surface area contributed by atoms with Crippen LogP contribution in [0.1, 0.15) is 15.9 Å². The van der Waals surface area contributed by atoms with Gasteiger partial charge in [0.25, 0.3) is 5.91 Å². The minimum Gasteiger partial charge on any atom is -0.337 e. The molecule has 0 bridgehead atoms. The third kappa shape index (κ3) is 4.27. The number of benzene rings is 2. The van der Waals surface area contributed by atoms with Crippen molar-refractivity contribution in [1.29, 1.82) is 0 Å². The zero-order valence-corrected chi connectivity index (χ0v) is 18.0. The minimum absolute atomic E-state index is 0.126. The lowest BCUT2D eigenvalue weighted by atomic mass is 10.1. The molecule has 0 fully saturated rings. The fraction of sp³-hybridized carbons (Fsp3) is 0.0800. The first-order chi connectivity index (χ1) is 16.2. The molecular weight excluding hydrogens is 414 g/mol. The van der Waals surface area contributed by atoms with E-state index in [2.05, 4.69) is 15.1 Å². The lowest BCUT2D eigenvalue weighted by Gasteiger charge is -2.17. The number of hydrogen-bond donors (Lipinski definition) is 0. The standard InChI is InChI=1S/C25H21N7O/c1-30(25(33)20-12-13-23(27-14-20)32-18-26-17-28-32)15-21-16-31(22-10-6-3-7-11-22)29-24(21)19-8-4-2-5-9-19/h2-14,16-18H,15H2,1H3. The Labute approximate surface area is 190 Å². The molecule has 162 valence electrons. The highest BCUT2D eigenvalue weighted by Crippen LogP contribution is 2.25. The average Bonchev–Trinajstić information content (AvgIpc) is 3.56. The molecule has 3 aromatic heterocycles. The quantitative estimate of drug-likeness (QED) is 0.405. The van der Waals surface area contributed by atoms with Gasteiger partial charge in [0.15, 0.2) is 5.82 Å². The molecule has 5 rings (SSSR count). The second-order valence-corrected chi connectivity index (χ2v) is 7.56. The number of para-hydroxylation sites is 1. The SMILES string of the molecule is CN(Cc1cn(-c2ccccc2)nc1-c1ccccc1)C(=O)c1ccc(-n2cncn2)nc1. The number of amides is 1. The van der Waals surface area contributed by atoms with Crippen LogP contribution in [0.2, 0.25) is 0 Å². The van der Waals surface area contributed by atoms with Crippen molar-refractivity contribution in [2.45, 2.75) is 6.54 Å². The second-order valence-electron chi connectivity index (χ2n) is 7.56. The van der Waals surface area contributed by atoms with E-state index in [1.807, 2.05) is 71.5 Å². The molecule has 33 heavy (non-hydrogen) atoms. The van der Waals surface area contributed by atoms with Gasteiger partial charge in [0.2, 0.25) is 0 Å². The summed E-state index contributed by atoms with van der Waals surface area (Å²) >= 11 is 0. The summed E-state index contributed by atoms with van der Waals surface area (Å²) in [4.78, 5) is 23.0. The van der Waals surface area contributed by atoms with Crippen LogP contribution < -0.4 is 0 Å². The molecule has 0 N–H and O–H groups in total. The molecule has 0 saturated heterocycles. The maximum absolute atomic E-state index is 13.1. The van der Waals surface area contributed by atoms with Gasteiger partial charge in [-0.1, -0.05) is 48.5 Å². The average molecular weight is 435 g/mol. The minimum atomic E-state index is -0.126. The summed E-state index contributed by atoms with van der Waals surface area (Å²) in [6.07, 6.45) is 6.54. The first-order valence-corrected chi connectivity index (χ1v) is 10.4. The maximum atomic E-state index is 13.1. The zero-order valence-electron chi connectivity index (χ0n) is 18.0. The zero-order chi connectivity index (χ0) is 22.6. The van der Waals surface area contributed by atoms with E-state index in [1.54, 1.807) is 41.3 Å². The Bertz CT molecular complexity index is 1350. The largest absolute Gasteiger partial charge is 0.337 e. The van der Waals surface area contributed by atoms with Crippen molar-refractivity contribution in [2.24, 2.45) is 0 Å². The van der Waals surface area contributed by atoms with Gasteiger partial charge < -0.3 is 4.90 Å². The van der Waals surface area contributed by atoms with Gasteiger partial charge >= 0.3 is 0 Å². The third-order valence-corrected chi connectivity index (χ3v) is 5.26. The van der Waals surface area contributed by atoms with Gasteiger partial charge in [0.05, 0.1) is 16.9 Å². The van der Waals surface area contributed by atoms with Crippen LogP contribution in [0.15, 0.2) is 97.8 Å². The number of nitrogens with zero attached hydrogens (tertiary/aromatic N) is 7. The highest BCUT2D eigenvalue weighted by molar-refractivity contribution is 5.93. The van der Waals surface area contributed by atoms with E-state index >= 15 is 0 Å². The molecule has 0 radical (unpaired) electrons. The van der Waals surface area contributed by atoms with Crippen molar-refractivity contribution in [2.75, 3.05) is 7.05 Å². The molecule has 1 amide bonds. The summed E-state index contributed by atoms with van der Waals surface area (Å²) in [6.45, 7) is 0.403. The molecule has 0 unspecified atom stereocenters. The Balaban J connectivity index is 1.42. The van der Waals surface area contributed by atoms with E-state index < -0.39 is 0 Å². The van der Waals surface area contributed by atoms with E-state index in [-0.39, 0.29) is 5.91 Å². The summed E-state index contributed by atoms with van der Waals surface area (Å²) in [6, 6.07) is 23.4. The van der Waals surface area contributed by atoms with E-state index in [0.29, 0.717) is 17.9 Å². The van der Waals surface area contributed by atoms with Crippen LogP contribution in [0.5, 0.6) is 0 Å². The number of pyridine rings is 1. The number of carbonyl (C=O) groups is 1. The molecule has 0 aliphatic rings. The molecular formula is C25H21N7O. The molecule has 0 atom stereocenters. The monoisotopic (exact) mass is 435 g/mol. The lowest BCUT2D eigenvalue weighted by Crippen LogP contribution is -2.26. The molecule has 5 aromatic rings. The van der Waals surface area contributed by atoms with Gasteiger partial charge in [-0.2, -0.15) is 10.2 Å². The highest BCUT2D eigenvalue weighted by atomic mass is 16.2. The first-order valence-electron chi connectivity index (χ1n) is 10.4. The maximum Gasteiger partial charge on any atom is 0.255 e. The fourth-order valence-corrected chi connectivity index (χ4v) is 3.60.